The third kappa shape index (κ3) is 3.62. The Bertz CT molecular complexity index is 1330. The van der Waals surface area contributed by atoms with E-state index in [1.807, 2.05) is 24.3 Å². The zero-order chi connectivity index (χ0) is 21.4. The Labute approximate surface area is 181 Å². The standard InChI is InChI=1S/C23H16N4O3S/c28-18(24-15-9-7-14(8-10-15)22(29)30)11-12-31-23-25-20-16-5-1-3-13-4-2-6-17(19(13)16)21(20)26-27-23/h1-10H,11-12H2,(H,24,28)(H,29,30). The molecule has 1 aliphatic rings. The van der Waals surface area contributed by atoms with Crippen LogP contribution in [0.2, 0.25) is 0 Å². The monoisotopic (exact) mass is 428 g/mol. The van der Waals surface area contributed by atoms with Crippen molar-refractivity contribution in [2.24, 2.45) is 0 Å². The van der Waals surface area contributed by atoms with Gasteiger partial charge in [-0.25, -0.2) is 9.78 Å². The van der Waals surface area contributed by atoms with Gasteiger partial charge in [-0.3, -0.25) is 4.79 Å². The average Bonchev–Trinajstić information content (AvgIpc) is 3.10. The van der Waals surface area contributed by atoms with Gasteiger partial charge >= 0.3 is 5.97 Å². The number of carbonyl (C=O) groups is 2. The molecule has 0 saturated carbocycles. The van der Waals surface area contributed by atoms with E-state index in [4.69, 9.17) is 10.1 Å². The molecular weight excluding hydrogens is 412 g/mol. The number of hydrogen-bond acceptors (Lipinski definition) is 6. The van der Waals surface area contributed by atoms with Crippen molar-refractivity contribution in [1.82, 2.24) is 15.2 Å². The number of aromatic nitrogens is 3. The molecule has 0 bridgehead atoms. The van der Waals surface area contributed by atoms with Crippen LogP contribution in [0.15, 0.2) is 65.8 Å². The highest BCUT2D eigenvalue weighted by atomic mass is 32.2. The fourth-order valence-corrected chi connectivity index (χ4v) is 4.36. The Balaban J connectivity index is 1.24. The second-order valence-corrected chi connectivity index (χ2v) is 8.09. The fourth-order valence-electron chi connectivity index (χ4n) is 3.63. The van der Waals surface area contributed by atoms with Gasteiger partial charge in [0.05, 0.1) is 5.56 Å². The highest BCUT2D eigenvalue weighted by Gasteiger charge is 2.24. The number of anilines is 1. The zero-order valence-electron chi connectivity index (χ0n) is 16.2. The topological polar surface area (TPSA) is 105 Å². The maximum atomic E-state index is 12.2. The van der Waals surface area contributed by atoms with E-state index in [9.17, 15) is 9.59 Å². The van der Waals surface area contributed by atoms with Crippen molar-refractivity contribution >= 4 is 40.1 Å². The number of hydrogen-bond donors (Lipinski definition) is 2. The van der Waals surface area contributed by atoms with Crippen LogP contribution >= 0.6 is 11.8 Å². The number of nitrogens with zero attached hydrogens (tertiary/aromatic N) is 3. The summed E-state index contributed by atoms with van der Waals surface area (Å²) in [5.74, 6) is -0.671. The number of aromatic carboxylic acids is 1. The molecule has 7 nitrogen and oxygen atoms in total. The van der Waals surface area contributed by atoms with Gasteiger partial charge in [0.25, 0.3) is 0 Å². The zero-order valence-corrected chi connectivity index (χ0v) is 17.0. The molecule has 0 saturated heterocycles. The third-order valence-electron chi connectivity index (χ3n) is 5.06. The molecule has 2 N–H and O–H groups in total. The van der Waals surface area contributed by atoms with Crippen molar-refractivity contribution in [2.45, 2.75) is 11.6 Å². The first-order valence-corrected chi connectivity index (χ1v) is 10.6. The Kier molecular flexibility index (Phi) is 4.83. The van der Waals surface area contributed by atoms with Crippen molar-refractivity contribution in [3.8, 4) is 22.5 Å². The fraction of sp³-hybridized carbons (Fsp3) is 0.0870. The molecule has 3 aromatic carbocycles. The Hall–Kier alpha value is -3.78. The highest BCUT2D eigenvalue weighted by molar-refractivity contribution is 7.99. The van der Waals surface area contributed by atoms with Crippen molar-refractivity contribution in [3.63, 3.8) is 0 Å². The maximum absolute atomic E-state index is 12.2. The molecule has 5 rings (SSSR count). The maximum Gasteiger partial charge on any atom is 0.335 e. The number of carbonyl (C=O) groups excluding carboxylic acids is 1. The summed E-state index contributed by atoms with van der Waals surface area (Å²) >= 11 is 1.38. The number of thioether (sulfide) groups is 1. The van der Waals surface area contributed by atoms with E-state index >= 15 is 0 Å². The van der Waals surface area contributed by atoms with E-state index in [-0.39, 0.29) is 17.9 Å². The lowest BCUT2D eigenvalue weighted by molar-refractivity contribution is -0.115. The minimum Gasteiger partial charge on any atom is -0.478 e. The van der Waals surface area contributed by atoms with Crippen LogP contribution in [0.4, 0.5) is 5.69 Å². The van der Waals surface area contributed by atoms with Gasteiger partial charge in [-0.1, -0.05) is 48.2 Å². The van der Waals surface area contributed by atoms with Crippen molar-refractivity contribution in [2.75, 3.05) is 11.1 Å². The minimum absolute atomic E-state index is 0.165. The molecule has 4 aromatic rings. The Morgan fingerprint density at radius 3 is 2.32 bits per heavy atom. The van der Waals surface area contributed by atoms with Crippen molar-refractivity contribution < 1.29 is 14.7 Å². The summed E-state index contributed by atoms with van der Waals surface area (Å²) in [4.78, 5) is 27.8. The summed E-state index contributed by atoms with van der Waals surface area (Å²) in [5, 5.41) is 23.2. The highest BCUT2D eigenvalue weighted by Crippen LogP contribution is 2.44. The molecular formula is C23H16N4O3S. The number of fused-ring (bicyclic) bond motifs is 3. The molecule has 152 valence electrons. The van der Waals surface area contributed by atoms with Gasteiger partial charge in [0.2, 0.25) is 11.1 Å². The van der Waals surface area contributed by atoms with Gasteiger partial charge in [0.15, 0.2) is 0 Å². The van der Waals surface area contributed by atoms with E-state index < -0.39 is 5.97 Å². The second-order valence-electron chi connectivity index (χ2n) is 7.03. The lowest BCUT2D eigenvalue weighted by Crippen LogP contribution is -2.12. The van der Waals surface area contributed by atoms with Gasteiger partial charge < -0.3 is 10.4 Å². The molecule has 1 aliphatic carbocycles. The van der Waals surface area contributed by atoms with Crippen LogP contribution in [0.5, 0.6) is 0 Å². The summed E-state index contributed by atoms with van der Waals surface area (Å²) in [5.41, 5.74) is 4.45. The minimum atomic E-state index is -1.00. The molecule has 0 spiro atoms. The predicted molar refractivity (Wildman–Crippen MR) is 119 cm³/mol. The van der Waals surface area contributed by atoms with Crippen LogP contribution in [0.25, 0.3) is 33.3 Å². The van der Waals surface area contributed by atoms with Gasteiger partial charge in [-0.15, -0.1) is 10.2 Å². The molecule has 0 fully saturated rings. The smallest absolute Gasteiger partial charge is 0.335 e. The van der Waals surface area contributed by atoms with Gasteiger partial charge in [-0.05, 0) is 29.7 Å². The van der Waals surface area contributed by atoms with Crippen molar-refractivity contribution in [1.29, 1.82) is 0 Å². The summed E-state index contributed by atoms with van der Waals surface area (Å²) in [6.45, 7) is 0. The van der Waals surface area contributed by atoms with E-state index in [0.717, 1.165) is 33.3 Å². The van der Waals surface area contributed by atoms with Crippen LogP contribution in [0, 0.1) is 0 Å². The summed E-state index contributed by atoms with van der Waals surface area (Å²) in [7, 11) is 0. The summed E-state index contributed by atoms with van der Waals surface area (Å²) < 4.78 is 0. The van der Waals surface area contributed by atoms with E-state index in [2.05, 4.69) is 27.6 Å². The molecule has 1 heterocycles. The van der Waals surface area contributed by atoms with Crippen LogP contribution in [0.3, 0.4) is 0 Å². The Morgan fingerprint density at radius 2 is 1.61 bits per heavy atom. The van der Waals surface area contributed by atoms with Crippen LogP contribution < -0.4 is 5.32 Å². The number of nitrogens with one attached hydrogen (secondary N) is 1. The molecule has 8 heteroatoms. The molecule has 0 unspecified atom stereocenters. The molecule has 0 aliphatic heterocycles. The molecule has 0 atom stereocenters. The van der Waals surface area contributed by atoms with E-state index in [0.29, 0.717) is 16.6 Å². The lowest BCUT2D eigenvalue weighted by atomic mass is 10.0. The Morgan fingerprint density at radius 1 is 0.903 bits per heavy atom. The normalized spacial score (nSPS) is 11.4. The number of benzene rings is 3. The first-order valence-electron chi connectivity index (χ1n) is 9.63. The molecule has 0 radical (unpaired) electrons. The van der Waals surface area contributed by atoms with Gasteiger partial charge in [0.1, 0.15) is 11.4 Å². The molecule has 1 amide bonds. The summed E-state index contributed by atoms with van der Waals surface area (Å²) in [6.07, 6.45) is 0.265. The first-order chi connectivity index (χ1) is 15.1. The van der Waals surface area contributed by atoms with Gasteiger partial charge in [-0.2, -0.15) is 0 Å². The quantitative estimate of drug-likeness (QED) is 0.384. The van der Waals surface area contributed by atoms with Crippen LogP contribution in [0.1, 0.15) is 16.8 Å². The predicted octanol–water partition coefficient (Wildman–Crippen LogP) is 4.49. The largest absolute Gasteiger partial charge is 0.478 e. The van der Waals surface area contributed by atoms with Gasteiger partial charge in [0, 0.05) is 34.4 Å². The third-order valence-corrected chi connectivity index (χ3v) is 5.90. The second kappa shape index (κ2) is 7.81. The number of rotatable bonds is 6. The van der Waals surface area contributed by atoms with Crippen LogP contribution in [-0.2, 0) is 4.79 Å². The summed E-state index contributed by atoms with van der Waals surface area (Å²) in [6, 6.07) is 18.3. The lowest BCUT2D eigenvalue weighted by Gasteiger charge is -2.06. The number of carboxylic acids is 1. The SMILES string of the molecule is O=C(CCSc1nnc2c(n1)-c1cccc3cccc-2c13)Nc1ccc(C(=O)O)cc1. The van der Waals surface area contributed by atoms with E-state index in [1.165, 1.54) is 23.9 Å². The van der Waals surface area contributed by atoms with Crippen molar-refractivity contribution in [3.05, 3.63) is 66.2 Å². The first kappa shape index (κ1) is 19.2. The molecule has 31 heavy (non-hydrogen) atoms. The molecule has 1 aromatic heterocycles. The number of amides is 1. The van der Waals surface area contributed by atoms with E-state index in [1.54, 1.807) is 12.1 Å². The van der Waals surface area contributed by atoms with Crippen LogP contribution in [-0.4, -0.2) is 37.9 Å². The average molecular weight is 428 g/mol. The number of carboxylic acid groups (broad SMARTS) is 1.